The summed E-state index contributed by atoms with van der Waals surface area (Å²) in [6.45, 7) is 0.401. The Hall–Kier alpha value is -3.55. The van der Waals surface area contributed by atoms with Crippen LogP contribution in [0.2, 0.25) is 0 Å². The zero-order valence-corrected chi connectivity index (χ0v) is 18.5. The summed E-state index contributed by atoms with van der Waals surface area (Å²) in [6, 6.07) is 14.6. The topological polar surface area (TPSA) is 82.2 Å². The maximum Gasteiger partial charge on any atom is 0.322 e. The molecule has 2 saturated heterocycles. The first-order chi connectivity index (χ1) is 15.4. The number of urea groups is 1. The van der Waals surface area contributed by atoms with Crippen LogP contribution < -0.4 is 10.1 Å². The Morgan fingerprint density at radius 3 is 2.34 bits per heavy atom. The molecule has 2 heterocycles. The van der Waals surface area contributed by atoms with Crippen molar-refractivity contribution in [3.8, 4) is 5.75 Å². The monoisotopic (exact) mass is 436 g/mol. The van der Waals surface area contributed by atoms with Gasteiger partial charge in [0.15, 0.2) is 0 Å². The van der Waals surface area contributed by atoms with E-state index < -0.39 is 12.1 Å². The summed E-state index contributed by atoms with van der Waals surface area (Å²) in [5.74, 6) is 0.375. The summed E-state index contributed by atoms with van der Waals surface area (Å²) in [5, 5.41) is 2.86. The number of carbonyl (C=O) groups excluding carboxylic acids is 3. The van der Waals surface area contributed by atoms with E-state index in [0.717, 1.165) is 5.56 Å². The van der Waals surface area contributed by atoms with Crippen molar-refractivity contribution in [2.45, 2.75) is 31.0 Å². The fourth-order valence-electron chi connectivity index (χ4n) is 4.56. The van der Waals surface area contributed by atoms with Crippen LogP contribution in [0.1, 0.15) is 12.0 Å². The maximum atomic E-state index is 13.5. The first-order valence-electron chi connectivity index (χ1n) is 10.7. The molecule has 8 heteroatoms. The predicted octanol–water partition coefficient (Wildman–Crippen LogP) is 2.21. The Morgan fingerprint density at radius 1 is 1.00 bits per heavy atom. The van der Waals surface area contributed by atoms with Crippen molar-refractivity contribution in [1.29, 1.82) is 0 Å². The first-order valence-corrected chi connectivity index (χ1v) is 10.7. The van der Waals surface area contributed by atoms with Gasteiger partial charge in [0, 0.05) is 32.7 Å². The van der Waals surface area contributed by atoms with Crippen molar-refractivity contribution in [3.63, 3.8) is 0 Å². The van der Waals surface area contributed by atoms with Gasteiger partial charge in [0.1, 0.15) is 17.8 Å². The second-order valence-electron chi connectivity index (χ2n) is 8.26. The molecule has 0 saturated carbocycles. The molecule has 2 aliphatic heterocycles. The minimum absolute atomic E-state index is 0.102. The molecular weight excluding hydrogens is 408 g/mol. The normalized spacial score (nSPS) is 23.1. The van der Waals surface area contributed by atoms with E-state index in [-0.39, 0.29) is 23.9 Å². The molecule has 2 aromatic rings. The lowest BCUT2D eigenvalue weighted by Gasteiger charge is -2.30. The molecule has 2 fully saturated rings. The number of ether oxygens (including phenoxy) is 1. The molecule has 4 rings (SSSR count). The van der Waals surface area contributed by atoms with Crippen molar-refractivity contribution in [2.24, 2.45) is 0 Å². The highest BCUT2D eigenvalue weighted by Crippen LogP contribution is 2.30. The van der Waals surface area contributed by atoms with E-state index in [9.17, 15) is 14.4 Å². The average Bonchev–Trinajstić information content (AvgIpc) is 3.25. The molecule has 0 spiro atoms. The van der Waals surface area contributed by atoms with Gasteiger partial charge in [0.25, 0.3) is 0 Å². The highest BCUT2D eigenvalue weighted by Gasteiger charge is 2.51. The van der Waals surface area contributed by atoms with E-state index >= 15 is 0 Å². The van der Waals surface area contributed by atoms with Gasteiger partial charge in [0.2, 0.25) is 11.8 Å². The Labute approximate surface area is 187 Å². The summed E-state index contributed by atoms with van der Waals surface area (Å²) < 4.78 is 5.15. The predicted molar refractivity (Wildman–Crippen MR) is 120 cm³/mol. The van der Waals surface area contributed by atoms with Gasteiger partial charge in [-0.25, -0.2) is 4.79 Å². The molecule has 0 aliphatic carbocycles. The summed E-state index contributed by atoms with van der Waals surface area (Å²) >= 11 is 0. The second kappa shape index (κ2) is 8.90. The lowest BCUT2D eigenvalue weighted by molar-refractivity contribution is -0.140. The van der Waals surface area contributed by atoms with Crippen molar-refractivity contribution in [2.75, 3.05) is 33.1 Å². The Balaban J connectivity index is 1.55. The first kappa shape index (κ1) is 21.7. The largest absolute Gasteiger partial charge is 0.497 e. The van der Waals surface area contributed by atoms with Crippen LogP contribution in [0, 0.1) is 0 Å². The summed E-state index contributed by atoms with van der Waals surface area (Å²) in [7, 11) is 4.96. The maximum absolute atomic E-state index is 13.5. The van der Waals surface area contributed by atoms with Crippen LogP contribution in [0.25, 0.3) is 0 Å². The lowest BCUT2D eigenvalue weighted by Crippen LogP contribution is -2.53. The van der Waals surface area contributed by atoms with Crippen molar-refractivity contribution in [1.82, 2.24) is 14.7 Å². The Kier molecular flexibility index (Phi) is 6.03. The number of likely N-dealkylation sites (tertiary alicyclic amines) is 1. The number of hydrogen-bond donors (Lipinski definition) is 1. The number of methoxy groups -OCH3 is 1. The zero-order valence-electron chi connectivity index (χ0n) is 18.5. The standard InChI is InChI=1S/C24H28N4O4/c1-26-19-13-14-28(24(31)25-17-9-11-18(32-3)12-10-17)21(19)23(30)27(2)20(22(26)29)15-16-7-5-4-6-8-16/h4-12,19-21H,13-15H2,1-3H3,(H,25,31)/t19-,20+,21+/m1/s1. The third kappa shape index (κ3) is 4.00. The number of fused-ring (bicyclic) bond motifs is 1. The van der Waals surface area contributed by atoms with Gasteiger partial charge < -0.3 is 24.8 Å². The molecule has 32 heavy (non-hydrogen) atoms. The molecule has 168 valence electrons. The van der Waals surface area contributed by atoms with E-state index in [1.54, 1.807) is 55.3 Å². The molecule has 4 amide bonds. The molecule has 3 atom stereocenters. The van der Waals surface area contributed by atoms with Crippen molar-refractivity contribution in [3.05, 3.63) is 60.2 Å². The van der Waals surface area contributed by atoms with E-state index in [2.05, 4.69) is 5.32 Å². The number of likely N-dealkylation sites (N-methyl/N-ethyl adjacent to an activating group) is 2. The number of amides is 4. The summed E-state index contributed by atoms with van der Waals surface area (Å²) in [5.41, 5.74) is 1.60. The molecule has 0 unspecified atom stereocenters. The molecule has 2 aliphatic rings. The van der Waals surface area contributed by atoms with Gasteiger partial charge in [-0.1, -0.05) is 30.3 Å². The highest BCUT2D eigenvalue weighted by molar-refractivity contribution is 5.98. The highest BCUT2D eigenvalue weighted by atomic mass is 16.5. The smallest absolute Gasteiger partial charge is 0.322 e. The second-order valence-corrected chi connectivity index (χ2v) is 8.26. The third-order valence-corrected chi connectivity index (χ3v) is 6.44. The fraction of sp³-hybridized carbons (Fsp3) is 0.375. The van der Waals surface area contributed by atoms with Gasteiger partial charge >= 0.3 is 6.03 Å². The van der Waals surface area contributed by atoms with E-state index in [1.165, 1.54) is 4.90 Å². The molecule has 2 aromatic carbocycles. The molecular formula is C24H28N4O4. The Morgan fingerprint density at radius 2 is 1.69 bits per heavy atom. The lowest BCUT2D eigenvalue weighted by atomic mass is 10.0. The minimum Gasteiger partial charge on any atom is -0.497 e. The molecule has 0 radical (unpaired) electrons. The molecule has 8 nitrogen and oxygen atoms in total. The number of hydrogen-bond acceptors (Lipinski definition) is 4. The summed E-state index contributed by atoms with van der Waals surface area (Å²) in [6.07, 6.45) is 0.990. The van der Waals surface area contributed by atoms with Crippen LogP contribution in [0.15, 0.2) is 54.6 Å². The fourth-order valence-corrected chi connectivity index (χ4v) is 4.56. The summed E-state index contributed by atoms with van der Waals surface area (Å²) in [4.78, 5) is 44.5. The number of nitrogens with one attached hydrogen (secondary N) is 1. The van der Waals surface area contributed by atoms with Crippen LogP contribution in [0.3, 0.4) is 0 Å². The van der Waals surface area contributed by atoms with Crippen LogP contribution >= 0.6 is 0 Å². The van der Waals surface area contributed by atoms with Gasteiger partial charge in [-0.3, -0.25) is 9.59 Å². The number of nitrogens with zero attached hydrogens (tertiary/aromatic N) is 3. The van der Waals surface area contributed by atoms with Gasteiger partial charge in [0.05, 0.1) is 13.2 Å². The van der Waals surface area contributed by atoms with Crippen LogP contribution in [0.5, 0.6) is 5.75 Å². The van der Waals surface area contributed by atoms with Crippen LogP contribution in [0.4, 0.5) is 10.5 Å². The SMILES string of the molecule is COc1ccc(NC(=O)N2CC[C@@H]3[C@H]2C(=O)N(C)[C@@H](Cc2ccccc2)C(=O)N3C)cc1. The number of carbonyl (C=O) groups is 3. The Bertz CT molecular complexity index is 995. The minimum atomic E-state index is -0.715. The van der Waals surface area contributed by atoms with Gasteiger partial charge in [-0.15, -0.1) is 0 Å². The van der Waals surface area contributed by atoms with Crippen molar-refractivity contribution < 1.29 is 19.1 Å². The quantitative estimate of drug-likeness (QED) is 0.797. The van der Waals surface area contributed by atoms with Gasteiger partial charge in [-0.05, 0) is 36.2 Å². The number of benzene rings is 2. The number of rotatable bonds is 4. The van der Waals surface area contributed by atoms with Crippen LogP contribution in [-0.2, 0) is 16.0 Å². The van der Waals surface area contributed by atoms with E-state index in [1.807, 2.05) is 30.3 Å². The van der Waals surface area contributed by atoms with Gasteiger partial charge in [-0.2, -0.15) is 0 Å². The molecule has 1 N–H and O–H groups in total. The number of anilines is 1. The average molecular weight is 437 g/mol. The van der Waals surface area contributed by atoms with E-state index in [4.69, 9.17) is 4.74 Å². The molecule has 0 aromatic heterocycles. The van der Waals surface area contributed by atoms with Crippen LogP contribution in [-0.4, -0.2) is 78.4 Å². The van der Waals surface area contributed by atoms with Crippen molar-refractivity contribution >= 4 is 23.5 Å². The third-order valence-electron chi connectivity index (χ3n) is 6.44. The molecule has 0 bridgehead atoms. The van der Waals surface area contributed by atoms with E-state index in [0.29, 0.717) is 30.8 Å². The zero-order chi connectivity index (χ0) is 22.8.